The Morgan fingerprint density at radius 3 is 2.73 bits per heavy atom. The van der Waals surface area contributed by atoms with Crippen molar-refractivity contribution in [1.29, 1.82) is 0 Å². The van der Waals surface area contributed by atoms with Gasteiger partial charge in [-0.25, -0.2) is 5.43 Å². The normalized spacial score (nSPS) is 10.9. The molecule has 4 nitrogen and oxygen atoms in total. The first kappa shape index (κ1) is 16.0. The molecule has 0 saturated carbocycles. The smallest absolute Gasteiger partial charge is 0.272 e. The molecule has 1 N–H and O–H groups in total. The van der Waals surface area contributed by atoms with Gasteiger partial charge in [-0.1, -0.05) is 35.9 Å². The lowest BCUT2D eigenvalue weighted by atomic mass is 10.2. The van der Waals surface area contributed by atoms with E-state index in [1.807, 2.05) is 38.1 Å². The van der Waals surface area contributed by atoms with Gasteiger partial charge in [0.15, 0.2) is 0 Å². The Balaban J connectivity index is 2.01. The second kappa shape index (κ2) is 7.61. The quantitative estimate of drug-likeness (QED) is 0.672. The lowest BCUT2D eigenvalue weighted by Crippen LogP contribution is -2.17. The van der Waals surface area contributed by atoms with E-state index in [1.54, 1.807) is 30.5 Å². The highest BCUT2D eigenvalue weighted by Gasteiger charge is 2.07. The summed E-state index contributed by atoms with van der Waals surface area (Å²) in [5, 5.41) is 4.33. The third kappa shape index (κ3) is 4.60. The number of ether oxygens (including phenoxy) is 1. The first-order chi connectivity index (χ1) is 10.6. The minimum Gasteiger partial charge on any atom is -0.491 e. The van der Waals surface area contributed by atoms with Crippen LogP contribution in [-0.2, 0) is 0 Å². The SMILES string of the molecule is CC(C)Oc1cccc(/C=N\NC(=O)c2ccccc2Cl)c1. The molecule has 1 amide bonds. The van der Waals surface area contributed by atoms with E-state index in [9.17, 15) is 4.79 Å². The minimum absolute atomic E-state index is 0.104. The Hall–Kier alpha value is -2.33. The summed E-state index contributed by atoms with van der Waals surface area (Å²) in [7, 11) is 0. The van der Waals surface area contributed by atoms with Crippen LogP contribution in [0.4, 0.5) is 0 Å². The zero-order chi connectivity index (χ0) is 15.9. The molecule has 22 heavy (non-hydrogen) atoms. The first-order valence-electron chi connectivity index (χ1n) is 6.91. The van der Waals surface area contributed by atoms with Crippen LogP contribution in [0.25, 0.3) is 0 Å². The number of nitrogens with zero attached hydrogens (tertiary/aromatic N) is 1. The van der Waals surface area contributed by atoms with E-state index in [-0.39, 0.29) is 12.0 Å². The molecule has 0 aliphatic rings. The Bertz CT molecular complexity index is 684. The molecule has 0 spiro atoms. The molecular weight excluding hydrogens is 300 g/mol. The van der Waals surface area contributed by atoms with Gasteiger partial charge in [-0.05, 0) is 43.7 Å². The van der Waals surface area contributed by atoms with Crippen LogP contribution in [0.2, 0.25) is 5.02 Å². The molecule has 0 fully saturated rings. The fraction of sp³-hybridized carbons (Fsp3) is 0.176. The van der Waals surface area contributed by atoms with E-state index < -0.39 is 0 Å². The Morgan fingerprint density at radius 1 is 1.23 bits per heavy atom. The standard InChI is InChI=1S/C17H17ClN2O2/c1-12(2)22-14-7-5-6-13(10-14)11-19-20-17(21)15-8-3-4-9-16(15)18/h3-12H,1-2H3,(H,20,21)/b19-11-. The molecule has 0 atom stereocenters. The Morgan fingerprint density at radius 2 is 2.00 bits per heavy atom. The number of benzene rings is 2. The van der Waals surface area contributed by atoms with Crippen LogP contribution in [0.3, 0.4) is 0 Å². The van der Waals surface area contributed by atoms with E-state index in [0.717, 1.165) is 11.3 Å². The van der Waals surface area contributed by atoms with Crippen LogP contribution in [0.15, 0.2) is 53.6 Å². The van der Waals surface area contributed by atoms with Crippen molar-refractivity contribution in [1.82, 2.24) is 5.43 Å². The molecule has 5 heteroatoms. The monoisotopic (exact) mass is 316 g/mol. The molecule has 2 aromatic carbocycles. The zero-order valence-electron chi connectivity index (χ0n) is 12.4. The summed E-state index contributed by atoms with van der Waals surface area (Å²) in [5.74, 6) is 0.410. The highest BCUT2D eigenvalue weighted by Crippen LogP contribution is 2.15. The van der Waals surface area contributed by atoms with Crippen molar-refractivity contribution in [3.63, 3.8) is 0 Å². The van der Waals surface area contributed by atoms with Crippen LogP contribution in [0.1, 0.15) is 29.8 Å². The first-order valence-corrected chi connectivity index (χ1v) is 7.28. The third-order valence-electron chi connectivity index (χ3n) is 2.73. The van der Waals surface area contributed by atoms with Crippen LogP contribution in [0.5, 0.6) is 5.75 Å². The van der Waals surface area contributed by atoms with Crippen molar-refractivity contribution in [2.24, 2.45) is 5.10 Å². The third-order valence-corrected chi connectivity index (χ3v) is 3.06. The predicted molar refractivity (Wildman–Crippen MR) is 88.7 cm³/mol. The lowest BCUT2D eigenvalue weighted by Gasteiger charge is -2.09. The zero-order valence-corrected chi connectivity index (χ0v) is 13.2. The van der Waals surface area contributed by atoms with Gasteiger partial charge in [-0.3, -0.25) is 4.79 Å². The summed E-state index contributed by atoms with van der Waals surface area (Å²) in [5.41, 5.74) is 3.67. The van der Waals surface area contributed by atoms with Crippen molar-refractivity contribution < 1.29 is 9.53 Å². The Kier molecular flexibility index (Phi) is 5.55. The van der Waals surface area contributed by atoms with E-state index in [0.29, 0.717) is 10.6 Å². The van der Waals surface area contributed by atoms with Crippen LogP contribution < -0.4 is 10.2 Å². The number of carbonyl (C=O) groups excluding carboxylic acids is 1. The van der Waals surface area contributed by atoms with Crippen LogP contribution in [-0.4, -0.2) is 18.2 Å². The van der Waals surface area contributed by atoms with Gasteiger partial charge in [-0.15, -0.1) is 0 Å². The summed E-state index contributed by atoms with van der Waals surface area (Å²) < 4.78 is 5.60. The highest BCUT2D eigenvalue weighted by atomic mass is 35.5. The summed E-state index contributed by atoms with van der Waals surface area (Å²) in [4.78, 5) is 11.9. The van der Waals surface area contributed by atoms with Crippen molar-refractivity contribution in [2.75, 3.05) is 0 Å². The molecular formula is C17H17ClN2O2. The molecule has 0 aliphatic heterocycles. The second-order valence-corrected chi connectivity index (χ2v) is 5.33. The fourth-order valence-electron chi connectivity index (χ4n) is 1.81. The van der Waals surface area contributed by atoms with E-state index in [1.165, 1.54) is 0 Å². The van der Waals surface area contributed by atoms with Crippen LogP contribution >= 0.6 is 11.6 Å². The molecule has 0 unspecified atom stereocenters. The number of nitrogens with one attached hydrogen (secondary N) is 1. The van der Waals surface area contributed by atoms with Crippen molar-refractivity contribution in [3.8, 4) is 5.75 Å². The van der Waals surface area contributed by atoms with Gasteiger partial charge in [0.25, 0.3) is 5.91 Å². The number of amides is 1. The van der Waals surface area contributed by atoms with E-state index in [4.69, 9.17) is 16.3 Å². The molecule has 0 saturated heterocycles. The van der Waals surface area contributed by atoms with Gasteiger partial charge in [-0.2, -0.15) is 5.10 Å². The molecule has 2 rings (SSSR count). The van der Waals surface area contributed by atoms with E-state index in [2.05, 4.69) is 10.5 Å². The second-order valence-electron chi connectivity index (χ2n) is 4.92. The topological polar surface area (TPSA) is 50.7 Å². The lowest BCUT2D eigenvalue weighted by molar-refractivity contribution is 0.0955. The van der Waals surface area contributed by atoms with Crippen molar-refractivity contribution >= 4 is 23.7 Å². The maximum Gasteiger partial charge on any atom is 0.272 e. The summed E-state index contributed by atoms with van der Waals surface area (Å²) >= 11 is 5.95. The average Bonchev–Trinajstić information content (AvgIpc) is 2.47. The van der Waals surface area contributed by atoms with Crippen molar-refractivity contribution in [3.05, 3.63) is 64.7 Å². The summed E-state index contributed by atoms with van der Waals surface area (Å²) in [6.45, 7) is 3.93. The van der Waals surface area contributed by atoms with Gasteiger partial charge < -0.3 is 4.74 Å². The summed E-state index contributed by atoms with van der Waals surface area (Å²) in [6, 6.07) is 14.3. The number of hydrogen-bond acceptors (Lipinski definition) is 3. The minimum atomic E-state index is -0.351. The maximum absolute atomic E-state index is 11.9. The molecule has 0 radical (unpaired) electrons. The molecule has 0 heterocycles. The Labute approximate surface area is 134 Å². The molecule has 0 bridgehead atoms. The van der Waals surface area contributed by atoms with E-state index >= 15 is 0 Å². The number of halogens is 1. The van der Waals surface area contributed by atoms with Gasteiger partial charge >= 0.3 is 0 Å². The number of hydrazone groups is 1. The van der Waals surface area contributed by atoms with Crippen LogP contribution in [0, 0.1) is 0 Å². The van der Waals surface area contributed by atoms with Gasteiger partial charge in [0.05, 0.1) is 22.9 Å². The van der Waals surface area contributed by atoms with Gasteiger partial charge in [0.1, 0.15) is 5.75 Å². The van der Waals surface area contributed by atoms with Gasteiger partial charge in [0, 0.05) is 0 Å². The molecule has 0 aliphatic carbocycles. The largest absolute Gasteiger partial charge is 0.491 e. The molecule has 114 valence electrons. The van der Waals surface area contributed by atoms with Gasteiger partial charge in [0.2, 0.25) is 0 Å². The highest BCUT2D eigenvalue weighted by molar-refractivity contribution is 6.33. The maximum atomic E-state index is 11.9. The fourth-order valence-corrected chi connectivity index (χ4v) is 2.03. The summed E-state index contributed by atoms with van der Waals surface area (Å²) in [6.07, 6.45) is 1.66. The predicted octanol–water partition coefficient (Wildman–Crippen LogP) is 3.89. The number of carbonyl (C=O) groups is 1. The number of rotatable bonds is 5. The molecule has 2 aromatic rings. The van der Waals surface area contributed by atoms with Crippen molar-refractivity contribution in [2.45, 2.75) is 20.0 Å². The number of hydrogen-bond donors (Lipinski definition) is 1. The molecule has 0 aromatic heterocycles. The average molecular weight is 317 g/mol.